The van der Waals surface area contributed by atoms with Crippen LogP contribution in [-0.2, 0) is 7.05 Å². The highest BCUT2D eigenvalue weighted by Crippen LogP contribution is 2.21. The minimum Gasteiger partial charge on any atom is -0.336 e. The molecule has 3 heterocycles. The first-order chi connectivity index (χ1) is 8.63. The second-order valence-corrected chi connectivity index (χ2v) is 5.47. The van der Waals surface area contributed by atoms with Crippen LogP contribution in [0.25, 0.3) is 0 Å². The lowest BCUT2D eigenvalue weighted by molar-refractivity contribution is 0.0741. The van der Waals surface area contributed by atoms with Crippen LogP contribution in [0.1, 0.15) is 35.4 Å². The summed E-state index contributed by atoms with van der Waals surface area (Å²) in [6, 6.07) is 2.96. The van der Waals surface area contributed by atoms with E-state index in [1.54, 1.807) is 4.68 Å². The van der Waals surface area contributed by atoms with Gasteiger partial charge in [-0.05, 0) is 32.3 Å². The number of amides is 1. The van der Waals surface area contributed by atoms with Gasteiger partial charge in [-0.15, -0.1) is 0 Å². The topological polar surface area (TPSA) is 50.2 Å². The zero-order chi connectivity index (χ0) is 12.7. The Hall–Kier alpha value is -1.36. The third kappa shape index (κ3) is 2.03. The smallest absolute Gasteiger partial charge is 0.274 e. The van der Waals surface area contributed by atoms with Gasteiger partial charge in [-0.1, -0.05) is 0 Å². The first kappa shape index (κ1) is 11.7. The highest BCUT2D eigenvalue weighted by atomic mass is 16.2. The maximum Gasteiger partial charge on any atom is 0.274 e. The largest absolute Gasteiger partial charge is 0.336 e. The third-order valence-electron chi connectivity index (χ3n) is 4.14. The molecule has 5 nitrogen and oxygen atoms in total. The van der Waals surface area contributed by atoms with Crippen LogP contribution in [-0.4, -0.2) is 45.8 Å². The molecule has 18 heavy (non-hydrogen) atoms. The fourth-order valence-electron chi connectivity index (χ4n) is 2.95. The monoisotopic (exact) mass is 248 g/mol. The normalized spacial score (nSPS) is 27.3. The average molecular weight is 248 g/mol. The maximum absolute atomic E-state index is 12.4. The van der Waals surface area contributed by atoms with E-state index in [4.69, 9.17) is 0 Å². The molecule has 2 aliphatic heterocycles. The van der Waals surface area contributed by atoms with Gasteiger partial charge in [-0.3, -0.25) is 9.48 Å². The first-order valence-corrected chi connectivity index (χ1v) is 6.69. The van der Waals surface area contributed by atoms with E-state index < -0.39 is 0 Å². The van der Waals surface area contributed by atoms with Crippen molar-refractivity contribution < 1.29 is 4.79 Å². The van der Waals surface area contributed by atoms with Gasteiger partial charge in [0, 0.05) is 37.9 Å². The predicted molar refractivity (Wildman–Crippen MR) is 68.4 cm³/mol. The Bertz CT molecular complexity index is 448. The van der Waals surface area contributed by atoms with Gasteiger partial charge in [-0.25, -0.2) is 0 Å². The molecular formula is C13H20N4O. The molecule has 98 valence electrons. The van der Waals surface area contributed by atoms with Crippen LogP contribution in [0, 0.1) is 6.92 Å². The van der Waals surface area contributed by atoms with Crippen LogP contribution in [0.4, 0.5) is 0 Å². The summed E-state index contributed by atoms with van der Waals surface area (Å²) < 4.78 is 1.76. The van der Waals surface area contributed by atoms with Gasteiger partial charge in [0.2, 0.25) is 0 Å². The summed E-state index contributed by atoms with van der Waals surface area (Å²) >= 11 is 0. The summed E-state index contributed by atoms with van der Waals surface area (Å²) in [7, 11) is 1.87. The minimum atomic E-state index is 0.0769. The molecule has 0 saturated carbocycles. The molecule has 1 aromatic rings. The molecule has 0 radical (unpaired) electrons. The van der Waals surface area contributed by atoms with Crippen molar-refractivity contribution in [2.24, 2.45) is 7.05 Å². The van der Waals surface area contributed by atoms with Crippen molar-refractivity contribution in [1.29, 1.82) is 0 Å². The summed E-state index contributed by atoms with van der Waals surface area (Å²) in [5, 5.41) is 7.87. The number of likely N-dealkylation sites (tertiary alicyclic amines) is 1. The van der Waals surface area contributed by atoms with E-state index in [9.17, 15) is 4.79 Å². The number of rotatable bonds is 1. The quantitative estimate of drug-likeness (QED) is 0.795. The van der Waals surface area contributed by atoms with Gasteiger partial charge in [0.1, 0.15) is 0 Å². The van der Waals surface area contributed by atoms with Crippen molar-refractivity contribution >= 4 is 5.91 Å². The Morgan fingerprint density at radius 2 is 2.17 bits per heavy atom. The highest BCUT2D eigenvalue weighted by Gasteiger charge is 2.32. The number of fused-ring (bicyclic) bond motifs is 2. The number of nitrogens with one attached hydrogen (secondary N) is 1. The van der Waals surface area contributed by atoms with Crippen molar-refractivity contribution in [3.63, 3.8) is 0 Å². The van der Waals surface area contributed by atoms with Crippen molar-refractivity contribution in [1.82, 2.24) is 20.0 Å². The molecule has 5 heteroatoms. The summed E-state index contributed by atoms with van der Waals surface area (Å²) in [6.07, 6.45) is 3.51. The van der Waals surface area contributed by atoms with Crippen LogP contribution < -0.4 is 5.32 Å². The maximum atomic E-state index is 12.4. The number of aromatic nitrogens is 2. The van der Waals surface area contributed by atoms with Crippen molar-refractivity contribution in [3.8, 4) is 0 Å². The summed E-state index contributed by atoms with van der Waals surface area (Å²) in [6.45, 7) is 3.64. The Kier molecular flexibility index (Phi) is 2.86. The van der Waals surface area contributed by atoms with Crippen LogP contribution in [0.3, 0.4) is 0 Å². The molecule has 3 rings (SSSR count). The lowest BCUT2D eigenvalue weighted by Crippen LogP contribution is -2.39. The summed E-state index contributed by atoms with van der Waals surface area (Å²) in [5.41, 5.74) is 1.60. The molecule has 0 spiro atoms. The number of nitrogens with zero attached hydrogens (tertiary/aromatic N) is 3. The Morgan fingerprint density at radius 3 is 2.89 bits per heavy atom. The van der Waals surface area contributed by atoms with E-state index >= 15 is 0 Å². The third-order valence-corrected chi connectivity index (χ3v) is 4.14. The zero-order valence-electron chi connectivity index (χ0n) is 11.0. The SMILES string of the molecule is Cc1cc(C(=O)N2CCC3CCC(C2)N3)nn1C. The molecule has 2 atom stereocenters. The molecule has 0 aromatic carbocycles. The van der Waals surface area contributed by atoms with Gasteiger partial charge in [0.25, 0.3) is 5.91 Å². The van der Waals surface area contributed by atoms with Crippen LogP contribution in [0.5, 0.6) is 0 Å². The van der Waals surface area contributed by atoms with Crippen LogP contribution in [0.2, 0.25) is 0 Å². The molecule has 1 aromatic heterocycles. The summed E-state index contributed by atoms with van der Waals surface area (Å²) in [5.74, 6) is 0.0769. The second kappa shape index (κ2) is 4.39. The highest BCUT2D eigenvalue weighted by molar-refractivity contribution is 5.92. The number of hydrogen-bond acceptors (Lipinski definition) is 3. The van der Waals surface area contributed by atoms with Gasteiger partial charge < -0.3 is 10.2 Å². The number of aryl methyl sites for hydroxylation is 2. The van der Waals surface area contributed by atoms with Crippen molar-refractivity contribution in [2.45, 2.75) is 38.3 Å². The molecule has 2 bridgehead atoms. The van der Waals surface area contributed by atoms with Gasteiger partial charge >= 0.3 is 0 Å². The molecule has 2 aliphatic rings. The molecule has 2 fully saturated rings. The van der Waals surface area contributed by atoms with Gasteiger partial charge in [-0.2, -0.15) is 5.10 Å². The summed E-state index contributed by atoms with van der Waals surface area (Å²) in [4.78, 5) is 14.4. The first-order valence-electron chi connectivity index (χ1n) is 6.69. The fraction of sp³-hybridized carbons (Fsp3) is 0.692. The fourth-order valence-corrected chi connectivity index (χ4v) is 2.95. The zero-order valence-corrected chi connectivity index (χ0v) is 11.0. The number of hydrogen-bond donors (Lipinski definition) is 1. The molecule has 0 aliphatic carbocycles. The lowest BCUT2D eigenvalue weighted by atomic mass is 10.1. The second-order valence-electron chi connectivity index (χ2n) is 5.47. The van der Waals surface area contributed by atoms with Crippen molar-refractivity contribution in [3.05, 3.63) is 17.5 Å². The van der Waals surface area contributed by atoms with Crippen LogP contribution >= 0.6 is 0 Å². The van der Waals surface area contributed by atoms with E-state index in [0.29, 0.717) is 17.8 Å². The molecule has 1 amide bonds. The minimum absolute atomic E-state index is 0.0769. The number of carbonyl (C=O) groups excluding carboxylic acids is 1. The van der Waals surface area contributed by atoms with Gasteiger partial charge in [0.15, 0.2) is 5.69 Å². The lowest BCUT2D eigenvalue weighted by Gasteiger charge is -2.23. The van der Waals surface area contributed by atoms with E-state index in [1.165, 1.54) is 12.8 Å². The van der Waals surface area contributed by atoms with Gasteiger partial charge in [0.05, 0.1) is 0 Å². The van der Waals surface area contributed by atoms with E-state index in [1.807, 2.05) is 24.9 Å². The van der Waals surface area contributed by atoms with E-state index in [0.717, 1.165) is 25.2 Å². The molecule has 2 saturated heterocycles. The van der Waals surface area contributed by atoms with E-state index in [-0.39, 0.29) is 5.91 Å². The van der Waals surface area contributed by atoms with Crippen LogP contribution in [0.15, 0.2) is 6.07 Å². The van der Waals surface area contributed by atoms with Crippen molar-refractivity contribution in [2.75, 3.05) is 13.1 Å². The average Bonchev–Trinajstić information content (AvgIpc) is 2.82. The Balaban J connectivity index is 1.76. The molecule has 2 unspecified atom stereocenters. The molecular weight excluding hydrogens is 228 g/mol. The van der Waals surface area contributed by atoms with E-state index in [2.05, 4.69) is 10.4 Å². The standard InChI is InChI=1S/C13H20N4O/c1-9-7-12(15-16(9)2)13(18)17-6-5-10-3-4-11(8-17)14-10/h7,10-11,14H,3-6,8H2,1-2H3. The Labute approximate surface area is 107 Å². The predicted octanol–water partition coefficient (Wildman–Crippen LogP) is 0.695. The Morgan fingerprint density at radius 1 is 1.39 bits per heavy atom. The molecule has 1 N–H and O–H groups in total. The number of carbonyl (C=O) groups is 1.